The summed E-state index contributed by atoms with van der Waals surface area (Å²) in [6.07, 6.45) is 15.8. The van der Waals surface area contributed by atoms with Gasteiger partial charge in [-0.25, -0.2) is 0 Å². The van der Waals surface area contributed by atoms with Crippen LogP contribution in [-0.4, -0.2) is 38.3 Å². The first kappa shape index (κ1) is 28.8. The fourth-order valence-electron chi connectivity index (χ4n) is 8.60. The van der Waals surface area contributed by atoms with E-state index in [-0.39, 0.29) is 11.1 Å². The van der Waals surface area contributed by atoms with Crippen LogP contribution in [0.25, 0.3) is 0 Å². The zero-order valence-electron chi connectivity index (χ0n) is 25.2. The van der Waals surface area contributed by atoms with Crippen LogP contribution in [0.4, 0.5) is 0 Å². The van der Waals surface area contributed by atoms with Gasteiger partial charge in [0.1, 0.15) is 0 Å². The second kappa shape index (κ2) is 10.1. The van der Waals surface area contributed by atoms with Crippen LogP contribution >= 0.6 is 0 Å². The Hall–Kier alpha value is -0.163. The highest BCUT2D eigenvalue weighted by atomic mass is 28.4. The van der Waals surface area contributed by atoms with Crippen molar-refractivity contribution in [2.45, 2.75) is 143 Å². The minimum absolute atomic E-state index is 0.132. The third-order valence-electron chi connectivity index (χ3n) is 12.0. The van der Waals surface area contributed by atoms with Crippen molar-refractivity contribution in [1.82, 2.24) is 0 Å². The molecule has 0 aromatic carbocycles. The maximum absolute atomic E-state index is 10.3. The average Bonchev–Trinajstić information content (AvgIpc) is 3.11. The van der Waals surface area contributed by atoms with E-state index in [4.69, 9.17) is 9.16 Å². The van der Waals surface area contributed by atoms with E-state index < -0.39 is 13.9 Å². The first-order valence-electron chi connectivity index (χ1n) is 15.3. The second-order valence-electron chi connectivity index (χ2n) is 15.7. The summed E-state index contributed by atoms with van der Waals surface area (Å²) in [4.78, 5) is 0. The highest BCUT2D eigenvalue weighted by Crippen LogP contribution is 2.66. The van der Waals surface area contributed by atoms with Gasteiger partial charge in [-0.1, -0.05) is 52.7 Å². The largest absolute Gasteiger partial charge is 0.414 e. The highest BCUT2D eigenvalue weighted by molar-refractivity contribution is 6.74. The Morgan fingerprint density at radius 2 is 1.75 bits per heavy atom. The second-order valence-corrected chi connectivity index (χ2v) is 20.5. The van der Waals surface area contributed by atoms with E-state index >= 15 is 0 Å². The molecular weight excluding hydrogens is 460 g/mol. The van der Waals surface area contributed by atoms with E-state index in [2.05, 4.69) is 53.8 Å². The van der Waals surface area contributed by atoms with Crippen LogP contribution in [0.15, 0.2) is 11.6 Å². The Bertz CT molecular complexity index is 805. The van der Waals surface area contributed by atoms with Crippen molar-refractivity contribution in [3.8, 4) is 0 Å². The van der Waals surface area contributed by atoms with Gasteiger partial charge in [-0.05, 0) is 124 Å². The number of rotatable bonds is 8. The number of allylic oxidation sites excluding steroid dienone is 2. The Morgan fingerprint density at radius 1 is 1.03 bits per heavy atom. The molecule has 0 saturated heterocycles. The lowest BCUT2D eigenvalue weighted by Gasteiger charge is -2.58. The Kier molecular flexibility index (Phi) is 8.09. The Morgan fingerprint density at radius 3 is 2.42 bits per heavy atom. The predicted octanol–water partition coefficient (Wildman–Crippen LogP) is 8.52. The predicted molar refractivity (Wildman–Crippen MR) is 154 cm³/mol. The molecule has 0 heterocycles. The smallest absolute Gasteiger partial charge is 0.192 e. The molecule has 0 aromatic heterocycles. The van der Waals surface area contributed by atoms with Gasteiger partial charge < -0.3 is 14.3 Å². The lowest BCUT2D eigenvalue weighted by molar-refractivity contribution is -0.0998. The van der Waals surface area contributed by atoms with E-state index in [1.807, 2.05) is 19.4 Å². The number of fused-ring (bicyclic) bond motifs is 5. The van der Waals surface area contributed by atoms with Gasteiger partial charge in [0.2, 0.25) is 0 Å². The zero-order valence-corrected chi connectivity index (χ0v) is 26.2. The molecule has 4 rings (SSSR count). The SMILES string of the molecule is CC(C)(O)CCO[C@H](CO[Si](C)(C)C(C)(C)C)[C@H]1CC[C@H]2[C@@H]3CC=C4CCCC[C@]4(C)[C@H]3CC[C@]12C. The van der Waals surface area contributed by atoms with E-state index in [9.17, 15) is 5.11 Å². The zero-order chi connectivity index (χ0) is 26.6. The summed E-state index contributed by atoms with van der Waals surface area (Å²) in [5.74, 6) is 3.09. The summed E-state index contributed by atoms with van der Waals surface area (Å²) in [7, 11) is -1.86. The topological polar surface area (TPSA) is 38.7 Å². The van der Waals surface area contributed by atoms with Crippen LogP contribution in [-0.2, 0) is 9.16 Å². The summed E-state index contributed by atoms with van der Waals surface area (Å²) in [5, 5.41) is 10.5. The molecule has 0 aromatic rings. The molecule has 0 unspecified atom stereocenters. The molecule has 0 spiro atoms. The van der Waals surface area contributed by atoms with Crippen LogP contribution in [0.2, 0.25) is 18.1 Å². The Balaban J connectivity index is 1.53. The highest BCUT2D eigenvalue weighted by Gasteiger charge is 2.59. The summed E-state index contributed by atoms with van der Waals surface area (Å²) in [6.45, 7) is 22.1. The Labute approximate surface area is 224 Å². The fraction of sp³-hybridized carbons (Fsp3) is 0.938. The first-order chi connectivity index (χ1) is 16.6. The maximum atomic E-state index is 10.3. The average molecular weight is 519 g/mol. The van der Waals surface area contributed by atoms with Crippen LogP contribution in [0.3, 0.4) is 0 Å². The van der Waals surface area contributed by atoms with E-state index in [0.717, 1.165) is 17.8 Å². The quantitative estimate of drug-likeness (QED) is 0.258. The van der Waals surface area contributed by atoms with Crippen LogP contribution in [0.1, 0.15) is 113 Å². The fourth-order valence-corrected chi connectivity index (χ4v) is 9.61. The molecule has 7 atom stereocenters. The minimum atomic E-state index is -1.86. The molecule has 0 bridgehead atoms. The number of ether oxygens (including phenoxy) is 1. The third kappa shape index (κ3) is 5.45. The van der Waals surface area contributed by atoms with Crippen molar-refractivity contribution in [1.29, 1.82) is 0 Å². The normalized spacial score (nSPS) is 38.1. The molecule has 0 amide bonds. The first-order valence-corrected chi connectivity index (χ1v) is 18.2. The van der Waals surface area contributed by atoms with Gasteiger partial charge in [-0.2, -0.15) is 0 Å². The summed E-state index contributed by atoms with van der Waals surface area (Å²) in [6, 6.07) is 0. The molecule has 36 heavy (non-hydrogen) atoms. The van der Waals surface area contributed by atoms with Crippen LogP contribution in [0, 0.1) is 34.5 Å². The standard InChI is InChI=1S/C32H58O3Si/c1-29(2,3)36(8,9)35-22-28(34-21-20-30(4,5)33)27-16-15-25-24-14-13-23-12-10-11-18-31(23,6)26(24)17-19-32(25,27)7/h13,24-28,33H,10-12,14-22H2,1-9H3/t24-,25-,26-,27+,28+,31-,32-/m0/s1. The number of hydrogen-bond donors (Lipinski definition) is 1. The van der Waals surface area contributed by atoms with Crippen LogP contribution in [0.5, 0.6) is 0 Å². The van der Waals surface area contributed by atoms with E-state index in [1.165, 1.54) is 57.8 Å². The molecular formula is C32H58O3Si. The monoisotopic (exact) mass is 518 g/mol. The molecule has 3 fully saturated rings. The van der Waals surface area contributed by atoms with Crippen molar-refractivity contribution in [2.24, 2.45) is 34.5 Å². The lowest BCUT2D eigenvalue weighted by atomic mass is 9.47. The van der Waals surface area contributed by atoms with Gasteiger partial charge in [0, 0.05) is 6.61 Å². The van der Waals surface area contributed by atoms with Gasteiger partial charge in [0.25, 0.3) is 0 Å². The van der Waals surface area contributed by atoms with Crippen molar-refractivity contribution in [2.75, 3.05) is 13.2 Å². The third-order valence-corrected chi connectivity index (χ3v) is 16.5. The van der Waals surface area contributed by atoms with Gasteiger partial charge in [-0.3, -0.25) is 0 Å². The van der Waals surface area contributed by atoms with Gasteiger partial charge in [-0.15, -0.1) is 0 Å². The molecule has 4 aliphatic rings. The summed E-state index contributed by atoms with van der Waals surface area (Å²) >= 11 is 0. The van der Waals surface area contributed by atoms with Crippen molar-refractivity contribution >= 4 is 8.32 Å². The summed E-state index contributed by atoms with van der Waals surface area (Å²) in [5.41, 5.74) is 1.93. The van der Waals surface area contributed by atoms with Crippen molar-refractivity contribution in [3.63, 3.8) is 0 Å². The molecule has 1 N–H and O–H groups in total. The summed E-state index contributed by atoms with van der Waals surface area (Å²) < 4.78 is 13.5. The lowest BCUT2D eigenvalue weighted by Crippen LogP contribution is -2.52. The molecule has 3 saturated carbocycles. The number of hydrogen-bond acceptors (Lipinski definition) is 3. The van der Waals surface area contributed by atoms with Crippen molar-refractivity contribution in [3.05, 3.63) is 11.6 Å². The van der Waals surface area contributed by atoms with Gasteiger partial charge in [0.15, 0.2) is 8.32 Å². The van der Waals surface area contributed by atoms with Crippen LogP contribution < -0.4 is 0 Å². The molecule has 4 aliphatic carbocycles. The van der Waals surface area contributed by atoms with Crippen molar-refractivity contribution < 1.29 is 14.3 Å². The minimum Gasteiger partial charge on any atom is -0.414 e. The molecule has 3 nitrogen and oxygen atoms in total. The molecule has 0 radical (unpaired) electrons. The van der Waals surface area contributed by atoms with Gasteiger partial charge >= 0.3 is 0 Å². The van der Waals surface area contributed by atoms with E-state index in [0.29, 0.717) is 36.4 Å². The molecule has 0 aliphatic heterocycles. The molecule has 4 heteroatoms. The molecule has 208 valence electrons. The van der Waals surface area contributed by atoms with E-state index in [1.54, 1.807) is 0 Å². The number of aliphatic hydroxyl groups is 1. The van der Waals surface area contributed by atoms with Gasteiger partial charge in [0.05, 0.1) is 18.3 Å². The maximum Gasteiger partial charge on any atom is 0.192 e.